The molecule has 4 nitrogen and oxygen atoms in total. The fraction of sp³-hybridized carbons (Fsp3) is 0.250. The Bertz CT molecular complexity index is 752. The zero-order chi connectivity index (χ0) is 18.4. The van der Waals surface area contributed by atoms with Gasteiger partial charge in [0.15, 0.2) is 5.78 Å². The second-order valence-electron chi connectivity index (χ2n) is 5.79. The summed E-state index contributed by atoms with van der Waals surface area (Å²) in [7, 11) is 0. The van der Waals surface area contributed by atoms with Crippen molar-refractivity contribution in [2.75, 3.05) is 31.2 Å². The van der Waals surface area contributed by atoms with Crippen LogP contribution in [0, 0.1) is 0 Å². The number of anilines is 1. The van der Waals surface area contributed by atoms with E-state index in [1.54, 1.807) is 30.3 Å². The molecule has 0 spiro atoms. The van der Waals surface area contributed by atoms with E-state index in [2.05, 4.69) is 9.64 Å². The van der Waals surface area contributed by atoms with Crippen LogP contribution in [-0.2, 0) is 4.74 Å². The van der Waals surface area contributed by atoms with Crippen molar-refractivity contribution < 1.29 is 23.0 Å². The molecule has 1 heterocycles. The van der Waals surface area contributed by atoms with Crippen LogP contribution in [0.3, 0.4) is 0 Å². The summed E-state index contributed by atoms with van der Waals surface area (Å²) in [6.45, 7) is 0.268. The Labute approximate surface area is 150 Å². The lowest BCUT2D eigenvalue weighted by molar-refractivity contribution is -0.0498. The number of nitrogens with zero attached hydrogens (tertiary/aromatic N) is 1. The maximum atomic E-state index is 12.3. The van der Waals surface area contributed by atoms with Gasteiger partial charge in [-0.1, -0.05) is 18.2 Å². The predicted molar refractivity (Wildman–Crippen MR) is 95.9 cm³/mol. The summed E-state index contributed by atoms with van der Waals surface area (Å²) in [5.41, 5.74) is 2.39. The molecule has 0 unspecified atom stereocenters. The Morgan fingerprint density at radius 1 is 1.04 bits per heavy atom. The first-order valence-corrected chi connectivity index (χ1v) is 8.32. The zero-order valence-electron chi connectivity index (χ0n) is 14.1. The second kappa shape index (κ2) is 8.58. The number of rotatable bonds is 6. The average molecular weight is 359 g/mol. The number of carbonyl (C=O) groups is 1. The van der Waals surface area contributed by atoms with E-state index in [0.717, 1.165) is 24.3 Å². The summed E-state index contributed by atoms with van der Waals surface area (Å²) in [5, 5.41) is 0. The fourth-order valence-corrected chi connectivity index (χ4v) is 2.69. The molecule has 0 atom stereocenters. The molecule has 0 aliphatic carbocycles. The Balaban J connectivity index is 1.61. The summed E-state index contributed by atoms with van der Waals surface area (Å²) >= 11 is 0. The van der Waals surface area contributed by atoms with Crippen LogP contribution in [0.25, 0.3) is 6.08 Å². The van der Waals surface area contributed by atoms with E-state index in [1.165, 1.54) is 18.2 Å². The highest BCUT2D eigenvalue weighted by Gasteiger charge is 2.11. The molecule has 1 fully saturated rings. The molecule has 0 aromatic heterocycles. The standard InChI is InChI=1S/C20H19F2NO3/c21-20(22)26-18-8-1-15(2-9-18)3-10-19(24)16-4-6-17(7-5-16)23-11-13-25-14-12-23/h1-10,20H,11-14H2. The van der Waals surface area contributed by atoms with Crippen LogP contribution in [-0.4, -0.2) is 38.7 Å². The number of ether oxygens (including phenoxy) is 2. The summed E-state index contributed by atoms with van der Waals surface area (Å²) in [5.74, 6) is -0.0337. The molecule has 0 saturated carbocycles. The Kier molecular flexibility index (Phi) is 5.96. The molecular weight excluding hydrogens is 340 g/mol. The number of hydrogen-bond acceptors (Lipinski definition) is 4. The van der Waals surface area contributed by atoms with Crippen molar-refractivity contribution in [2.24, 2.45) is 0 Å². The van der Waals surface area contributed by atoms with Gasteiger partial charge < -0.3 is 14.4 Å². The number of alkyl halides is 2. The van der Waals surface area contributed by atoms with Crippen LogP contribution in [0.4, 0.5) is 14.5 Å². The molecule has 1 aliphatic heterocycles. The molecule has 0 N–H and O–H groups in total. The third kappa shape index (κ3) is 4.89. The number of halogens is 2. The van der Waals surface area contributed by atoms with Gasteiger partial charge in [-0.15, -0.1) is 0 Å². The molecule has 2 aromatic carbocycles. The lowest BCUT2D eigenvalue weighted by Gasteiger charge is -2.28. The van der Waals surface area contributed by atoms with Crippen LogP contribution in [0.15, 0.2) is 54.6 Å². The van der Waals surface area contributed by atoms with Gasteiger partial charge in [0.2, 0.25) is 0 Å². The zero-order valence-corrected chi connectivity index (χ0v) is 14.1. The van der Waals surface area contributed by atoms with Crippen LogP contribution in [0.5, 0.6) is 5.75 Å². The SMILES string of the molecule is O=C(C=Cc1ccc(OC(F)F)cc1)c1ccc(N2CCOCC2)cc1. The van der Waals surface area contributed by atoms with Crippen molar-refractivity contribution in [1.82, 2.24) is 0 Å². The van der Waals surface area contributed by atoms with Gasteiger partial charge in [-0.05, 0) is 48.0 Å². The topological polar surface area (TPSA) is 38.8 Å². The molecule has 26 heavy (non-hydrogen) atoms. The van der Waals surface area contributed by atoms with Crippen molar-refractivity contribution in [3.8, 4) is 5.75 Å². The molecule has 6 heteroatoms. The molecule has 1 saturated heterocycles. The van der Waals surface area contributed by atoms with Gasteiger partial charge in [0.25, 0.3) is 0 Å². The van der Waals surface area contributed by atoms with Gasteiger partial charge >= 0.3 is 6.61 Å². The fourth-order valence-electron chi connectivity index (χ4n) is 2.69. The number of morpholine rings is 1. The van der Waals surface area contributed by atoms with E-state index in [9.17, 15) is 13.6 Å². The first-order chi connectivity index (χ1) is 12.6. The second-order valence-corrected chi connectivity index (χ2v) is 5.79. The van der Waals surface area contributed by atoms with E-state index in [1.807, 2.05) is 12.1 Å². The summed E-state index contributed by atoms with van der Waals surface area (Å²) in [6, 6.07) is 13.6. The molecule has 2 aromatic rings. The Morgan fingerprint density at radius 3 is 2.31 bits per heavy atom. The first kappa shape index (κ1) is 18.1. The van der Waals surface area contributed by atoms with Gasteiger partial charge in [0, 0.05) is 24.3 Å². The van der Waals surface area contributed by atoms with Crippen molar-refractivity contribution in [3.63, 3.8) is 0 Å². The van der Waals surface area contributed by atoms with Gasteiger partial charge in [-0.2, -0.15) is 8.78 Å². The van der Waals surface area contributed by atoms with E-state index < -0.39 is 6.61 Å². The van der Waals surface area contributed by atoms with Crippen LogP contribution in [0.2, 0.25) is 0 Å². The first-order valence-electron chi connectivity index (χ1n) is 8.32. The van der Waals surface area contributed by atoms with E-state index in [4.69, 9.17) is 4.74 Å². The van der Waals surface area contributed by atoms with Gasteiger partial charge in [-0.25, -0.2) is 0 Å². The normalized spacial score (nSPS) is 14.8. The third-order valence-electron chi connectivity index (χ3n) is 4.06. The molecule has 3 rings (SSSR count). The minimum Gasteiger partial charge on any atom is -0.435 e. The lowest BCUT2D eigenvalue weighted by Crippen LogP contribution is -2.36. The quantitative estimate of drug-likeness (QED) is 0.577. The minimum absolute atomic E-state index is 0.0854. The maximum absolute atomic E-state index is 12.3. The van der Waals surface area contributed by atoms with Gasteiger partial charge in [0.05, 0.1) is 13.2 Å². The maximum Gasteiger partial charge on any atom is 0.387 e. The number of carbonyl (C=O) groups excluding carboxylic acids is 1. The number of allylic oxidation sites excluding steroid dienone is 1. The van der Waals surface area contributed by atoms with Gasteiger partial charge in [-0.3, -0.25) is 4.79 Å². The van der Waals surface area contributed by atoms with Crippen LogP contribution >= 0.6 is 0 Å². The lowest BCUT2D eigenvalue weighted by atomic mass is 10.1. The largest absolute Gasteiger partial charge is 0.435 e. The van der Waals surface area contributed by atoms with E-state index in [-0.39, 0.29) is 11.5 Å². The predicted octanol–water partition coefficient (Wildman–Crippen LogP) is 4.02. The monoisotopic (exact) mass is 359 g/mol. The molecule has 0 bridgehead atoms. The number of benzene rings is 2. The highest BCUT2D eigenvalue weighted by Crippen LogP contribution is 2.18. The van der Waals surface area contributed by atoms with Crippen LogP contribution < -0.4 is 9.64 Å². The molecule has 0 radical (unpaired) electrons. The smallest absolute Gasteiger partial charge is 0.387 e. The minimum atomic E-state index is -2.85. The Hall–Kier alpha value is -2.73. The van der Waals surface area contributed by atoms with Crippen molar-refractivity contribution >= 4 is 17.5 Å². The highest BCUT2D eigenvalue weighted by atomic mass is 19.3. The number of hydrogen-bond donors (Lipinski definition) is 0. The summed E-state index contributed by atoms with van der Waals surface area (Å²) < 4.78 is 33.9. The summed E-state index contributed by atoms with van der Waals surface area (Å²) in [4.78, 5) is 14.5. The highest BCUT2D eigenvalue weighted by molar-refractivity contribution is 6.07. The molecule has 1 aliphatic rings. The van der Waals surface area contributed by atoms with Crippen molar-refractivity contribution in [2.45, 2.75) is 6.61 Å². The van der Waals surface area contributed by atoms with E-state index in [0.29, 0.717) is 18.8 Å². The number of ketones is 1. The summed E-state index contributed by atoms with van der Waals surface area (Å²) in [6.07, 6.45) is 3.11. The van der Waals surface area contributed by atoms with Gasteiger partial charge in [0.1, 0.15) is 5.75 Å². The third-order valence-corrected chi connectivity index (χ3v) is 4.06. The average Bonchev–Trinajstić information content (AvgIpc) is 2.67. The van der Waals surface area contributed by atoms with Crippen molar-refractivity contribution in [1.29, 1.82) is 0 Å². The van der Waals surface area contributed by atoms with Crippen LogP contribution in [0.1, 0.15) is 15.9 Å². The Morgan fingerprint density at radius 2 is 1.69 bits per heavy atom. The van der Waals surface area contributed by atoms with E-state index >= 15 is 0 Å². The van der Waals surface area contributed by atoms with Crippen molar-refractivity contribution in [3.05, 3.63) is 65.7 Å². The molecule has 0 amide bonds. The molecular formula is C20H19F2NO3. The molecule has 136 valence electrons.